The number of carboxylic acids is 1. The Morgan fingerprint density at radius 1 is 1.35 bits per heavy atom. The van der Waals surface area contributed by atoms with Gasteiger partial charge in [-0.25, -0.2) is 9.78 Å². The Bertz CT molecular complexity index is 848. The van der Waals surface area contributed by atoms with E-state index in [4.69, 9.17) is 5.11 Å². The third-order valence-electron chi connectivity index (χ3n) is 4.29. The smallest absolute Gasteiger partial charge is 0.335 e. The molecule has 1 aliphatic rings. The van der Waals surface area contributed by atoms with Crippen molar-refractivity contribution in [3.05, 3.63) is 40.9 Å². The SMILES string of the molecule is CC(=O)N1CCCC(NC(=O)c2cnc(-c3cccc(C(=O)O)c3)s2)C1. The van der Waals surface area contributed by atoms with Crippen LogP contribution in [0.1, 0.15) is 39.8 Å². The number of carboxylic acid groups (broad SMARTS) is 1. The molecule has 1 fully saturated rings. The second kappa shape index (κ2) is 7.65. The van der Waals surface area contributed by atoms with E-state index in [1.165, 1.54) is 36.6 Å². The van der Waals surface area contributed by atoms with Crippen molar-refractivity contribution in [1.29, 1.82) is 0 Å². The van der Waals surface area contributed by atoms with Crippen LogP contribution in [0.3, 0.4) is 0 Å². The second-order valence-electron chi connectivity index (χ2n) is 6.19. The summed E-state index contributed by atoms with van der Waals surface area (Å²) < 4.78 is 0. The minimum atomic E-state index is -1.01. The number of carbonyl (C=O) groups is 3. The van der Waals surface area contributed by atoms with Gasteiger partial charge >= 0.3 is 5.97 Å². The van der Waals surface area contributed by atoms with Gasteiger partial charge in [-0.1, -0.05) is 12.1 Å². The van der Waals surface area contributed by atoms with Crippen LogP contribution in [0.5, 0.6) is 0 Å². The molecule has 1 aromatic carbocycles. The summed E-state index contributed by atoms with van der Waals surface area (Å²) in [4.78, 5) is 41.5. The first-order chi connectivity index (χ1) is 12.4. The first-order valence-electron chi connectivity index (χ1n) is 8.30. The van der Waals surface area contributed by atoms with Gasteiger partial charge in [0.25, 0.3) is 5.91 Å². The topological polar surface area (TPSA) is 99.6 Å². The van der Waals surface area contributed by atoms with E-state index < -0.39 is 5.97 Å². The van der Waals surface area contributed by atoms with Gasteiger partial charge in [0.05, 0.1) is 11.8 Å². The molecule has 1 saturated heterocycles. The van der Waals surface area contributed by atoms with E-state index in [1.807, 2.05) is 0 Å². The number of rotatable bonds is 4. The number of piperidine rings is 1. The molecule has 0 radical (unpaired) electrons. The Morgan fingerprint density at radius 3 is 2.88 bits per heavy atom. The highest BCUT2D eigenvalue weighted by Gasteiger charge is 2.24. The molecule has 2 aromatic rings. The molecule has 0 spiro atoms. The highest BCUT2D eigenvalue weighted by atomic mass is 32.1. The molecule has 26 heavy (non-hydrogen) atoms. The fraction of sp³-hybridized carbons (Fsp3) is 0.333. The van der Waals surface area contributed by atoms with E-state index in [-0.39, 0.29) is 23.4 Å². The van der Waals surface area contributed by atoms with Gasteiger partial charge in [0.15, 0.2) is 0 Å². The summed E-state index contributed by atoms with van der Waals surface area (Å²) in [6.07, 6.45) is 3.19. The molecule has 1 aromatic heterocycles. The van der Waals surface area contributed by atoms with Crippen molar-refractivity contribution >= 4 is 29.1 Å². The molecule has 3 rings (SSSR count). The molecule has 8 heteroatoms. The number of thiazole rings is 1. The van der Waals surface area contributed by atoms with Crippen LogP contribution >= 0.6 is 11.3 Å². The van der Waals surface area contributed by atoms with E-state index in [0.29, 0.717) is 22.0 Å². The lowest BCUT2D eigenvalue weighted by atomic mass is 10.1. The molecule has 1 atom stereocenters. The third-order valence-corrected chi connectivity index (χ3v) is 5.33. The lowest BCUT2D eigenvalue weighted by molar-refractivity contribution is -0.130. The van der Waals surface area contributed by atoms with Crippen LogP contribution in [0, 0.1) is 0 Å². The van der Waals surface area contributed by atoms with Crippen LogP contribution in [0.25, 0.3) is 10.6 Å². The van der Waals surface area contributed by atoms with Crippen molar-refractivity contribution in [3.8, 4) is 10.6 Å². The molecule has 1 unspecified atom stereocenters. The van der Waals surface area contributed by atoms with Gasteiger partial charge in [-0.2, -0.15) is 0 Å². The van der Waals surface area contributed by atoms with Crippen LogP contribution in [0.2, 0.25) is 0 Å². The Balaban J connectivity index is 1.69. The number of hydrogen-bond acceptors (Lipinski definition) is 5. The van der Waals surface area contributed by atoms with Gasteiger partial charge in [0.2, 0.25) is 5.91 Å². The average Bonchev–Trinajstić information content (AvgIpc) is 3.12. The summed E-state index contributed by atoms with van der Waals surface area (Å²) in [5.74, 6) is -1.21. The number of nitrogens with one attached hydrogen (secondary N) is 1. The molecular weight excluding hydrogens is 354 g/mol. The van der Waals surface area contributed by atoms with Crippen molar-refractivity contribution in [3.63, 3.8) is 0 Å². The summed E-state index contributed by atoms with van der Waals surface area (Å²) >= 11 is 1.21. The first-order valence-corrected chi connectivity index (χ1v) is 9.11. The number of aromatic nitrogens is 1. The fourth-order valence-electron chi connectivity index (χ4n) is 2.94. The van der Waals surface area contributed by atoms with E-state index >= 15 is 0 Å². The molecule has 7 nitrogen and oxygen atoms in total. The number of nitrogens with zero attached hydrogens (tertiary/aromatic N) is 2. The number of carbonyl (C=O) groups excluding carboxylic acids is 2. The van der Waals surface area contributed by atoms with E-state index in [0.717, 1.165) is 19.4 Å². The number of amides is 2. The van der Waals surface area contributed by atoms with E-state index in [1.54, 1.807) is 17.0 Å². The maximum absolute atomic E-state index is 12.5. The quantitative estimate of drug-likeness (QED) is 0.856. The van der Waals surface area contributed by atoms with Crippen LogP contribution in [0.15, 0.2) is 30.5 Å². The largest absolute Gasteiger partial charge is 0.478 e. The second-order valence-corrected chi connectivity index (χ2v) is 7.22. The zero-order chi connectivity index (χ0) is 18.7. The third kappa shape index (κ3) is 4.08. The van der Waals surface area contributed by atoms with E-state index in [9.17, 15) is 14.4 Å². The predicted molar refractivity (Wildman–Crippen MR) is 97.3 cm³/mol. The Hall–Kier alpha value is -2.74. The zero-order valence-electron chi connectivity index (χ0n) is 14.3. The molecule has 136 valence electrons. The molecular formula is C18H19N3O4S. The van der Waals surface area contributed by atoms with Gasteiger partial charge in [-0.15, -0.1) is 11.3 Å². The van der Waals surface area contributed by atoms with Gasteiger partial charge < -0.3 is 15.3 Å². The number of aromatic carboxylic acids is 1. The van der Waals surface area contributed by atoms with Crippen LogP contribution in [-0.4, -0.2) is 51.9 Å². The molecule has 2 amide bonds. The van der Waals surface area contributed by atoms with Crippen molar-refractivity contribution in [2.45, 2.75) is 25.8 Å². The van der Waals surface area contributed by atoms with Crippen LogP contribution < -0.4 is 5.32 Å². The zero-order valence-corrected chi connectivity index (χ0v) is 15.1. The average molecular weight is 373 g/mol. The molecule has 1 aliphatic heterocycles. The van der Waals surface area contributed by atoms with E-state index in [2.05, 4.69) is 10.3 Å². The first kappa shape index (κ1) is 18.1. The summed E-state index contributed by atoms with van der Waals surface area (Å²) in [6.45, 7) is 2.78. The molecule has 2 N–H and O–H groups in total. The summed E-state index contributed by atoms with van der Waals surface area (Å²) in [6, 6.07) is 6.39. The maximum Gasteiger partial charge on any atom is 0.335 e. The predicted octanol–water partition coefficient (Wildman–Crippen LogP) is 2.25. The molecule has 0 bridgehead atoms. The Kier molecular flexibility index (Phi) is 5.32. The lowest BCUT2D eigenvalue weighted by Crippen LogP contribution is -2.48. The van der Waals surface area contributed by atoms with Gasteiger partial charge in [-0.05, 0) is 25.0 Å². The van der Waals surface area contributed by atoms with Crippen molar-refractivity contribution in [2.24, 2.45) is 0 Å². The van der Waals surface area contributed by atoms with Gasteiger partial charge in [0.1, 0.15) is 9.88 Å². The number of hydrogen-bond donors (Lipinski definition) is 2. The van der Waals surface area contributed by atoms with Crippen molar-refractivity contribution in [2.75, 3.05) is 13.1 Å². The standard InChI is InChI=1S/C18H19N3O4S/c1-11(22)21-7-3-6-14(10-21)20-16(23)15-9-19-17(26-15)12-4-2-5-13(8-12)18(24)25/h2,4-5,8-9,14H,3,6-7,10H2,1H3,(H,20,23)(H,24,25). The Morgan fingerprint density at radius 2 is 2.15 bits per heavy atom. The summed E-state index contributed by atoms with van der Waals surface area (Å²) in [5, 5.41) is 12.6. The number of likely N-dealkylation sites (tertiary alicyclic amines) is 1. The highest BCUT2D eigenvalue weighted by molar-refractivity contribution is 7.16. The normalized spacial score (nSPS) is 17.0. The van der Waals surface area contributed by atoms with Crippen LogP contribution in [0.4, 0.5) is 0 Å². The summed E-state index contributed by atoms with van der Waals surface area (Å²) in [5.41, 5.74) is 0.838. The van der Waals surface area contributed by atoms with Gasteiger partial charge in [0, 0.05) is 31.6 Å². The minimum Gasteiger partial charge on any atom is -0.478 e. The van der Waals surface area contributed by atoms with Crippen LogP contribution in [-0.2, 0) is 4.79 Å². The molecule has 0 saturated carbocycles. The maximum atomic E-state index is 12.5. The molecule has 2 heterocycles. The number of benzene rings is 1. The fourth-order valence-corrected chi connectivity index (χ4v) is 3.75. The Labute approximate surface area is 154 Å². The summed E-state index contributed by atoms with van der Waals surface area (Å²) in [7, 11) is 0. The molecule has 0 aliphatic carbocycles. The highest BCUT2D eigenvalue weighted by Crippen LogP contribution is 2.26. The van der Waals surface area contributed by atoms with Gasteiger partial charge in [-0.3, -0.25) is 9.59 Å². The monoisotopic (exact) mass is 373 g/mol. The van der Waals surface area contributed by atoms with Crippen molar-refractivity contribution < 1.29 is 19.5 Å². The van der Waals surface area contributed by atoms with Crippen molar-refractivity contribution in [1.82, 2.24) is 15.2 Å². The lowest BCUT2D eigenvalue weighted by Gasteiger charge is -2.32. The minimum absolute atomic E-state index is 0.0161.